The minimum atomic E-state index is 0.736. The first-order chi connectivity index (χ1) is 6.61. The third kappa shape index (κ3) is 3.45. The monoisotopic (exact) mass is 195 g/mol. The standard InChI is InChI=1S/C13H25N/c1-10(2)8-9-14-13-11(3)6-5-7-12(13)4/h8,11-14H,5-7,9H2,1-4H3. The molecule has 0 amide bonds. The molecule has 1 heteroatoms. The van der Waals surface area contributed by atoms with Crippen LogP contribution in [0.4, 0.5) is 0 Å². The van der Waals surface area contributed by atoms with Gasteiger partial charge in [0.25, 0.3) is 0 Å². The van der Waals surface area contributed by atoms with Crippen LogP contribution in [0.5, 0.6) is 0 Å². The Morgan fingerprint density at radius 3 is 2.29 bits per heavy atom. The lowest BCUT2D eigenvalue weighted by molar-refractivity contribution is 0.214. The number of rotatable bonds is 3. The summed E-state index contributed by atoms with van der Waals surface area (Å²) in [6.45, 7) is 10.1. The van der Waals surface area contributed by atoms with Gasteiger partial charge in [0, 0.05) is 12.6 Å². The van der Waals surface area contributed by atoms with Crippen molar-refractivity contribution in [2.75, 3.05) is 6.54 Å². The van der Waals surface area contributed by atoms with Gasteiger partial charge in [-0.15, -0.1) is 0 Å². The van der Waals surface area contributed by atoms with E-state index in [4.69, 9.17) is 0 Å². The maximum absolute atomic E-state index is 3.68. The van der Waals surface area contributed by atoms with E-state index in [1.807, 2.05) is 0 Å². The lowest BCUT2D eigenvalue weighted by atomic mass is 9.79. The second-order valence-corrected chi connectivity index (χ2v) is 5.10. The van der Waals surface area contributed by atoms with Crippen molar-refractivity contribution < 1.29 is 0 Å². The van der Waals surface area contributed by atoms with E-state index in [0.717, 1.165) is 24.4 Å². The van der Waals surface area contributed by atoms with E-state index in [1.54, 1.807) is 0 Å². The Bertz CT molecular complexity index is 181. The Labute approximate surface area is 89.0 Å². The summed E-state index contributed by atoms with van der Waals surface area (Å²) in [5.41, 5.74) is 1.41. The zero-order valence-corrected chi connectivity index (χ0v) is 10.1. The Morgan fingerprint density at radius 1 is 1.21 bits per heavy atom. The summed E-state index contributed by atoms with van der Waals surface area (Å²) in [6.07, 6.45) is 6.50. The molecular formula is C13H25N. The molecule has 0 aliphatic heterocycles. The average Bonchev–Trinajstić information content (AvgIpc) is 2.09. The van der Waals surface area contributed by atoms with Gasteiger partial charge in [-0.3, -0.25) is 0 Å². The van der Waals surface area contributed by atoms with Crippen molar-refractivity contribution in [3.05, 3.63) is 11.6 Å². The second kappa shape index (κ2) is 5.55. The SMILES string of the molecule is CC(C)=CCNC1C(C)CCCC1C. The summed E-state index contributed by atoms with van der Waals surface area (Å²) in [5.74, 6) is 1.70. The molecule has 0 radical (unpaired) electrons. The molecule has 1 saturated carbocycles. The molecule has 0 aromatic heterocycles. The van der Waals surface area contributed by atoms with Crippen LogP contribution in [0.15, 0.2) is 11.6 Å². The first-order valence-corrected chi connectivity index (χ1v) is 5.98. The topological polar surface area (TPSA) is 12.0 Å². The summed E-state index contributed by atoms with van der Waals surface area (Å²) in [6, 6.07) is 0.736. The second-order valence-electron chi connectivity index (χ2n) is 5.10. The van der Waals surface area contributed by atoms with Gasteiger partial charge >= 0.3 is 0 Å². The van der Waals surface area contributed by atoms with Crippen LogP contribution in [0.25, 0.3) is 0 Å². The molecule has 0 bridgehead atoms. The highest BCUT2D eigenvalue weighted by molar-refractivity contribution is 4.96. The van der Waals surface area contributed by atoms with Crippen LogP contribution in [-0.4, -0.2) is 12.6 Å². The first-order valence-electron chi connectivity index (χ1n) is 5.98. The minimum absolute atomic E-state index is 0.736. The maximum atomic E-state index is 3.68. The largest absolute Gasteiger partial charge is 0.310 e. The van der Waals surface area contributed by atoms with E-state index in [2.05, 4.69) is 39.1 Å². The summed E-state index contributed by atoms with van der Waals surface area (Å²) < 4.78 is 0. The van der Waals surface area contributed by atoms with Crippen LogP contribution in [0.3, 0.4) is 0 Å². The fraction of sp³-hybridized carbons (Fsp3) is 0.846. The molecule has 0 aromatic carbocycles. The molecule has 1 fully saturated rings. The molecule has 1 aliphatic rings. The predicted octanol–water partition coefficient (Wildman–Crippen LogP) is 3.37. The van der Waals surface area contributed by atoms with Gasteiger partial charge in [-0.05, 0) is 38.5 Å². The van der Waals surface area contributed by atoms with Gasteiger partial charge in [0.05, 0.1) is 0 Å². The highest BCUT2D eigenvalue weighted by Crippen LogP contribution is 2.28. The lowest BCUT2D eigenvalue weighted by Gasteiger charge is -2.35. The summed E-state index contributed by atoms with van der Waals surface area (Å²) in [5, 5.41) is 3.68. The Morgan fingerprint density at radius 2 is 1.79 bits per heavy atom. The van der Waals surface area contributed by atoms with Crippen molar-refractivity contribution in [1.29, 1.82) is 0 Å². The molecule has 82 valence electrons. The summed E-state index contributed by atoms with van der Waals surface area (Å²) >= 11 is 0. The Balaban J connectivity index is 2.36. The zero-order valence-electron chi connectivity index (χ0n) is 10.1. The highest BCUT2D eigenvalue weighted by atomic mass is 14.9. The minimum Gasteiger partial charge on any atom is -0.310 e. The van der Waals surface area contributed by atoms with Gasteiger partial charge in [0.15, 0.2) is 0 Å². The van der Waals surface area contributed by atoms with Gasteiger partial charge in [-0.25, -0.2) is 0 Å². The third-order valence-electron chi connectivity index (χ3n) is 3.41. The molecule has 0 saturated heterocycles. The average molecular weight is 195 g/mol. The van der Waals surface area contributed by atoms with Gasteiger partial charge in [-0.1, -0.05) is 31.9 Å². The van der Waals surface area contributed by atoms with E-state index in [0.29, 0.717) is 0 Å². The molecule has 1 N–H and O–H groups in total. The van der Waals surface area contributed by atoms with Gasteiger partial charge in [-0.2, -0.15) is 0 Å². The molecule has 2 atom stereocenters. The number of allylic oxidation sites excluding steroid dienone is 1. The van der Waals surface area contributed by atoms with Crippen LogP contribution in [0.2, 0.25) is 0 Å². The van der Waals surface area contributed by atoms with Crippen molar-refractivity contribution in [2.45, 2.75) is 53.0 Å². The molecule has 1 aliphatic carbocycles. The highest BCUT2D eigenvalue weighted by Gasteiger charge is 2.26. The van der Waals surface area contributed by atoms with Gasteiger partial charge < -0.3 is 5.32 Å². The normalized spacial score (nSPS) is 32.7. The molecule has 0 heterocycles. The molecule has 1 rings (SSSR count). The number of nitrogens with one attached hydrogen (secondary N) is 1. The fourth-order valence-electron chi connectivity index (χ4n) is 2.48. The number of hydrogen-bond acceptors (Lipinski definition) is 1. The van der Waals surface area contributed by atoms with Gasteiger partial charge in [0.2, 0.25) is 0 Å². The molecule has 14 heavy (non-hydrogen) atoms. The zero-order chi connectivity index (χ0) is 10.6. The molecular weight excluding hydrogens is 170 g/mol. The van der Waals surface area contributed by atoms with E-state index >= 15 is 0 Å². The van der Waals surface area contributed by atoms with Gasteiger partial charge in [0.1, 0.15) is 0 Å². The van der Waals surface area contributed by atoms with Crippen molar-refractivity contribution in [2.24, 2.45) is 11.8 Å². The van der Waals surface area contributed by atoms with Crippen LogP contribution in [0.1, 0.15) is 47.0 Å². The van der Waals surface area contributed by atoms with E-state index in [9.17, 15) is 0 Å². The molecule has 0 aromatic rings. The van der Waals surface area contributed by atoms with Crippen molar-refractivity contribution >= 4 is 0 Å². The van der Waals surface area contributed by atoms with Crippen molar-refractivity contribution in [3.63, 3.8) is 0 Å². The Hall–Kier alpha value is -0.300. The first kappa shape index (κ1) is 11.8. The van der Waals surface area contributed by atoms with E-state index in [-0.39, 0.29) is 0 Å². The molecule has 0 spiro atoms. The van der Waals surface area contributed by atoms with E-state index in [1.165, 1.54) is 24.8 Å². The van der Waals surface area contributed by atoms with Crippen molar-refractivity contribution in [1.82, 2.24) is 5.32 Å². The molecule has 2 unspecified atom stereocenters. The summed E-state index contributed by atoms with van der Waals surface area (Å²) in [4.78, 5) is 0. The fourth-order valence-corrected chi connectivity index (χ4v) is 2.48. The van der Waals surface area contributed by atoms with Crippen LogP contribution in [-0.2, 0) is 0 Å². The van der Waals surface area contributed by atoms with E-state index < -0.39 is 0 Å². The number of hydrogen-bond donors (Lipinski definition) is 1. The lowest BCUT2D eigenvalue weighted by Crippen LogP contribution is -2.42. The molecule has 1 nitrogen and oxygen atoms in total. The van der Waals surface area contributed by atoms with Crippen molar-refractivity contribution in [3.8, 4) is 0 Å². The quantitative estimate of drug-likeness (QED) is 0.681. The van der Waals surface area contributed by atoms with Crippen LogP contribution < -0.4 is 5.32 Å². The predicted molar refractivity (Wildman–Crippen MR) is 63.4 cm³/mol. The maximum Gasteiger partial charge on any atom is 0.0140 e. The summed E-state index contributed by atoms with van der Waals surface area (Å²) in [7, 11) is 0. The van der Waals surface area contributed by atoms with Crippen LogP contribution in [0, 0.1) is 11.8 Å². The smallest absolute Gasteiger partial charge is 0.0140 e. The third-order valence-corrected chi connectivity index (χ3v) is 3.41. The Kier molecular flexibility index (Phi) is 4.67. The van der Waals surface area contributed by atoms with Crippen LogP contribution >= 0.6 is 0 Å².